The van der Waals surface area contributed by atoms with E-state index in [-0.39, 0.29) is 18.7 Å². The Morgan fingerprint density at radius 1 is 1.73 bits per heavy atom. The molecule has 1 atom stereocenters. The molecule has 4 heteroatoms. The Kier molecular flexibility index (Phi) is 2.84. The third kappa shape index (κ3) is 1.70. The van der Waals surface area contributed by atoms with E-state index in [0.717, 1.165) is 19.4 Å². The Bertz CT molecular complexity index is 149. The van der Waals surface area contributed by atoms with Crippen molar-refractivity contribution in [3.63, 3.8) is 0 Å². The standard InChI is InChI=1S/C7H12NO3/c1-11-7(10)6-3-2-4-8(6)5-9/h6H,2-5H2,1H3. The van der Waals surface area contributed by atoms with Crippen LogP contribution in [0, 0.1) is 0 Å². The summed E-state index contributed by atoms with van der Waals surface area (Å²) in [5, 5.41) is 10.5. The van der Waals surface area contributed by atoms with E-state index in [2.05, 4.69) is 4.74 Å². The van der Waals surface area contributed by atoms with E-state index in [1.807, 2.05) is 0 Å². The predicted octanol–water partition coefficient (Wildman–Crippen LogP) is 0.0118. The average Bonchev–Trinajstić information content (AvgIpc) is 2.50. The minimum atomic E-state index is -0.306. The highest BCUT2D eigenvalue weighted by molar-refractivity contribution is 5.75. The smallest absolute Gasteiger partial charge is 0.323 e. The van der Waals surface area contributed by atoms with E-state index in [4.69, 9.17) is 0 Å². The van der Waals surface area contributed by atoms with Crippen molar-refractivity contribution >= 4 is 5.97 Å². The fourth-order valence-corrected chi connectivity index (χ4v) is 1.38. The molecule has 1 saturated heterocycles. The summed E-state index contributed by atoms with van der Waals surface area (Å²) in [5.41, 5.74) is 0. The van der Waals surface area contributed by atoms with Crippen molar-refractivity contribution in [2.75, 3.05) is 20.4 Å². The van der Waals surface area contributed by atoms with Gasteiger partial charge in [0, 0.05) is 6.54 Å². The van der Waals surface area contributed by atoms with Crippen LogP contribution in [0.3, 0.4) is 0 Å². The van der Waals surface area contributed by atoms with Crippen molar-refractivity contribution < 1.29 is 14.6 Å². The van der Waals surface area contributed by atoms with Crippen LogP contribution in [0.2, 0.25) is 0 Å². The van der Waals surface area contributed by atoms with Crippen LogP contribution >= 0.6 is 0 Å². The van der Waals surface area contributed by atoms with Gasteiger partial charge in [-0.1, -0.05) is 0 Å². The van der Waals surface area contributed by atoms with Gasteiger partial charge in [0.2, 0.25) is 0 Å². The Hall–Kier alpha value is -0.610. The Morgan fingerprint density at radius 2 is 2.45 bits per heavy atom. The van der Waals surface area contributed by atoms with Crippen molar-refractivity contribution in [3.05, 3.63) is 0 Å². The summed E-state index contributed by atoms with van der Waals surface area (Å²) in [4.78, 5) is 12.6. The number of hydrogen-bond acceptors (Lipinski definition) is 3. The molecule has 0 aromatic rings. The van der Waals surface area contributed by atoms with E-state index >= 15 is 0 Å². The van der Waals surface area contributed by atoms with Gasteiger partial charge in [-0.25, -0.2) is 5.11 Å². The first-order chi connectivity index (χ1) is 5.29. The number of likely N-dealkylation sites (tertiary alicyclic amines) is 1. The van der Waals surface area contributed by atoms with Crippen molar-refractivity contribution in [2.24, 2.45) is 0 Å². The summed E-state index contributed by atoms with van der Waals surface area (Å²) in [5.74, 6) is -0.279. The van der Waals surface area contributed by atoms with Crippen molar-refractivity contribution in [3.8, 4) is 0 Å². The van der Waals surface area contributed by atoms with E-state index in [0.29, 0.717) is 0 Å². The van der Waals surface area contributed by atoms with Crippen LogP contribution in [0.1, 0.15) is 12.8 Å². The molecule has 1 rings (SSSR count). The highest BCUT2D eigenvalue weighted by Crippen LogP contribution is 2.16. The number of carbonyl (C=O) groups is 1. The van der Waals surface area contributed by atoms with Crippen molar-refractivity contribution in [2.45, 2.75) is 18.9 Å². The highest BCUT2D eigenvalue weighted by atomic mass is 16.5. The normalized spacial score (nSPS) is 25.5. The summed E-state index contributed by atoms with van der Waals surface area (Å²) < 4.78 is 4.55. The second-order valence-corrected chi connectivity index (χ2v) is 2.62. The number of methoxy groups -OCH3 is 1. The molecule has 0 aromatic carbocycles. The summed E-state index contributed by atoms with van der Waals surface area (Å²) in [6.45, 7) is 0.420. The quantitative estimate of drug-likeness (QED) is 0.532. The van der Waals surface area contributed by atoms with Crippen molar-refractivity contribution in [1.29, 1.82) is 0 Å². The van der Waals surface area contributed by atoms with E-state index in [1.165, 1.54) is 7.11 Å². The fraction of sp³-hybridized carbons (Fsp3) is 0.857. The number of hydrogen-bond donors (Lipinski definition) is 0. The van der Waals surface area contributed by atoms with Crippen molar-refractivity contribution in [1.82, 2.24) is 4.90 Å². The first-order valence-corrected chi connectivity index (χ1v) is 3.69. The van der Waals surface area contributed by atoms with Gasteiger partial charge in [0.1, 0.15) is 12.8 Å². The monoisotopic (exact) mass is 158 g/mol. The van der Waals surface area contributed by atoms with Gasteiger partial charge in [0.25, 0.3) is 0 Å². The lowest BCUT2D eigenvalue weighted by Crippen LogP contribution is -2.36. The topological polar surface area (TPSA) is 49.4 Å². The molecule has 4 nitrogen and oxygen atoms in total. The molecule has 11 heavy (non-hydrogen) atoms. The lowest BCUT2D eigenvalue weighted by Gasteiger charge is -2.17. The molecule has 0 N–H and O–H groups in total. The van der Waals surface area contributed by atoms with Crippen LogP contribution in [0.15, 0.2) is 0 Å². The number of nitrogens with zero attached hydrogens (tertiary/aromatic N) is 1. The van der Waals surface area contributed by atoms with Crippen LogP contribution in [-0.4, -0.2) is 37.3 Å². The second kappa shape index (κ2) is 3.69. The molecular formula is C7H12NO3. The Balaban J connectivity index is 2.49. The van der Waals surface area contributed by atoms with Crippen LogP contribution in [0.5, 0.6) is 0 Å². The Morgan fingerprint density at radius 3 is 3.00 bits per heavy atom. The van der Waals surface area contributed by atoms with Crippen LogP contribution in [-0.2, 0) is 14.6 Å². The average molecular weight is 158 g/mol. The minimum Gasteiger partial charge on any atom is -0.468 e. The van der Waals surface area contributed by atoms with E-state index < -0.39 is 0 Å². The SMILES string of the molecule is COC(=O)C1CCCN1C[O]. The van der Waals surface area contributed by atoms with Gasteiger partial charge in [-0.3, -0.25) is 9.69 Å². The first-order valence-electron chi connectivity index (χ1n) is 3.69. The molecule has 0 aliphatic carbocycles. The summed E-state index contributed by atoms with van der Waals surface area (Å²) >= 11 is 0. The number of rotatable bonds is 2. The number of carbonyl (C=O) groups excluding carboxylic acids is 1. The molecule has 1 heterocycles. The molecule has 0 saturated carbocycles. The van der Waals surface area contributed by atoms with Gasteiger partial charge in [-0.15, -0.1) is 0 Å². The molecule has 1 aliphatic heterocycles. The second-order valence-electron chi connectivity index (χ2n) is 2.62. The van der Waals surface area contributed by atoms with E-state index in [9.17, 15) is 9.90 Å². The van der Waals surface area contributed by atoms with Crippen LogP contribution < -0.4 is 0 Å². The third-order valence-corrected chi connectivity index (χ3v) is 2.00. The lowest BCUT2D eigenvalue weighted by molar-refractivity contribution is -0.147. The van der Waals surface area contributed by atoms with Gasteiger partial charge in [-0.05, 0) is 12.8 Å². The zero-order valence-electron chi connectivity index (χ0n) is 6.58. The van der Waals surface area contributed by atoms with Crippen LogP contribution in [0.4, 0.5) is 0 Å². The predicted molar refractivity (Wildman–Crippen MR) is 37.3 cm³/mol. The highest BCUT2D eigenvalue weighted by Gasteiger charge is 2.30. The molecule has 1 unspecified atom stereocenters. The number of esters is 1. The molecule has 1 radical (unpaired) electrons. The summed E-state index contributed by atoms with van der Waals surface area (Å²) in [6, 6.07) is -0.280. The maximum Gasteiger partial charge on any atom is 0.323 e. The zero-order chi connectivity index (χ0) is 8.27. The fourth-order valence-electron chi connectivity index (χ4n) is 1.38. The largest absolute Gasteiger partial charge is 0.468 e. The minimum absolute atomic E-state index is 0.279. The van der Waals surface area contributed by atoms with Gasteiger partial charge in [-0.2, -0.15) is 0 Å². The molecular weight excluding hydrogens is 146 g/mol. The first kappa shape index (κ1) is 8.49. The molecule has 0 spiro atoms. The third-order valence-electron chi connectivity index (χ3n) is 2.00. The molecule has 63 valence electrons. The van der Waals surface area contributed by atoms with Gasteiger partial charge < -0.3 is 4.74 Å². The van der Waals surface area contributed by atoms with Gasteiger partial charge in [0.05, 0.1) is 7.11 Å². The number of ether oxygens (including phenoxy) is 1. The molecule has 0 bridgehead atoms. The zero-order valence-corrected chi connectivity index (χ0v) is 6.58. The van der Waals surface area contributed by atoms with Crippen LogP contribution in [0.25, 0.3) is 0 Å². The van der Waals surface area contributed by atoms with Gasteiger partial charge >= 0.3 is 5.97 Å². The van der Waals surface area contributed by atoms with E-state index in [1.54, 1.807) is 4.90 Å². The molecule has 1 aliphatic rings. The summed E-state index contributed by atoms with van der Waals surface area (Å²) in [6.07, 6.45) is 1.68. The molecule has 0 amide bonds. The van der Waals surface area contributed by atoms with Gasteiger partial charge in [0.15, 0.2) is 0 Å². The maximum atomic E-state index is 11.0. The maximum absolute atomic E-state index is 11.0. The Labute approximate surface area is 65.8 Å². The molecule has 1 fully saturated rings. The summed E-state index contributed by atoms with van der Waals surface area (Å²) in [7, 11) is 1.35. The lowest BCUT2D eigenvalue weighted by atomic mass is 10.2. The molecule has 0 aromatic heterocycles.